The molecule has 21 valence electrons. The van der Waals surface area contributed by atoms with Gasteiger partial charge in [0.2, 0.25) is 0 Å². The van der Waals surface area contributed by atoms with E-state index < -0.39 is 0 Å². The second kappa shape index (κ2) is 2.74. The lowest BCUT2D eigenvalue weighted by atomic mass is 10.6. The van der Waals surface area contributed by atoms with E-state index in [0.717, 1.165) is 0 Å². The summed E-state index contributed by atoms with van der Waals surface area (Å²) in [4.78, 5) is 0. The fourth-order valence-corrected chi connectivity index (χ4v) is 0. The molecule has 0 saturated carbocycles. The fraction of sp³-hybridized carbons (Fsp3) is 0.250. The molecule has 3 radical (unpaired) electrons. The molecule has 0 saturated heterocycles. The molecule has 0 N–H and O–H groups in total. The molecule has 0 rings (SSSR count). The Morgan fingerprint density at radius 2 is 2.00 bits per heavy atom. The molecule has 0 aromatic heterocycles. The minimum absolute atomic E-state index is 1.76. The summed E-state index contributed by atoms with van der Waals surface area (Å²) >= 11 is 0. The molecule has 0 aliphatic rings. The first-order valence-corrected chi connectivity index (χ1v) is 1.10. The zero-order valence-electron chi connectivity index (χ0n) is 2.71. The first-order chi connectivity index (χ1) is 1.91. The predicted molar refractivity (Wildman–Crippen MR) is 17.5 cm³/mol. The highest BCUT2D eigenvalue weighted by Gasteiger charge is 1.38. The average molecular weight is 53.1 g/mol. The van der Waals surface area contributed by atoms with Crippen molar-refractivity contribution in [2.45, 2.75) is 6.92 Å². The van der Waals surface area contributed by atoms with E-state index in [-0.39, 0.29) is 0 Å². The summed E-state index contributed by atoms with van der Waals surface area (Å²) in [6, 6.07) is 0. The summed E-state index contributed by atoms with van der Waals surface area (Å²) < 4.78 is 0. The molecule has 0 aliphatic carbocycles. The Bertz CT molecular complexity index is 15.2. The number of rotatable bonds is 0. The highest BCUT2D eigenvalue weighted by Crippen LogP contribution is 1.51. The van der Waals surface area contributed by atoms with Crippen LogP contribution in [0.3, 0.4) is 0 Å². The van der Waals surface area contributed by atoms with Crippen LogP contribution in [0.25, 0.3) is 0 Å². The van der Waals surface area contributed by atoms with E-state index in [1.807, 2.05) is 0 Å². The summed E-state index contributed by atoms with van der Waals surface area (Å²) in [5.41, 5.74) is 0. The van der Waals surface area contributed by atoms with Crippen LogP contribution in [-0.4, -0.2) is 0 Å². The molecule has 0 spiro atoms. The van der Waals surface area contributed by atoms with Crippen LogP contribution in [0.4, 0.5) is 0 Å². The third kappa shape index (κ3) is 1.74. The largest absolute Gasteiger partial charge is 0.0444 e. The minimum Gasteiger partial charge on any atom is -0.0444 e. The maximum atomic E-state index is 3.24. The monoisotopic (exact) mass is 53.0 g/mol. The van der Waals surface area contributed by atoms with Gasteiger partial charge < -0.3 is 0 Å². The van der Waals surface area contributed by atoms with Gasteiger partial charge in [0.1, 0.15) is 0 Å². The molecular formula is C4H5. The van der Waals surface area contributed by atoms with Gasteiger partial charge >= 0.3 is 0 Å². The third-order valence-electron chi connectivity index (χ3n) is 0.177. The van der Waals surface area contributed by atoms with Gasteiger partial charge in [0.25, 0.3) is 0 Å². The first kappa shape index (κ1) is 3.74. The molecule has 0 heterocycles. The summed E-state index contributed by atoms with van der Waals surface area (Å²) in [5, 5.41) is 0. The molecule has 4 heavy (non-hydrogen) atoms. The highest BCUT2D eigenvalue weighted by atomic mass is 13.4. The van der Waals surface area contributed by atoms with Gasteiger partial charge in [-0.25, -0.2) is 0 Å². The van der Waals surface area contributed by atoms with Gasteiger partial charge in [-0.3, -0.25) is 0 Å². The molecule has 0 amide bonds. The number of hydrogen-bond acceptors (Lipinski definition) is 0. The van der Waals surface area contributed by atoms with Gasteiger partial charge in [-0.15, -0.1) is 0 Å². The van der Waals surface area contributed by atoms with Crippen molar-refractivity contribution >= 4 is 0 Å². The molecule has 0 aromatic rings. The standard InChI is InChI=1S/C4H5/c1-3-4-2/h1H2,2H3. The van der Waals surface area contributed by atoms with Crippen LogP contribution >= 0.6 is 0 Å². The Balaban J connectivity index is 2.55. The molecule has 0 aromatic carbocycles. The molecule has 0 bridgehead atoms. The Morgan fingerprint density at radius 3 is 2.00 bits per heavy atom. The molecule has 0 atom stereocenters. The topological polar surface area (TPSA) is 0 Å². The zero-order chi connectivity index (χ0) is 3.41. The fourth-order valence-electron chi connectivity index (χ4n) is 0. The van der Waals surface area contributed by atoms with E-state index in [1.165, 1.54) is 0 Å². The smallest absolute Gasteiger partial charge is 0.0232 e. The first-order valence-electron chi connectivity index (χ1n) is 1.10. The van der Waals surface area contributed by atoms with E-state index in [1.54, 1.807) is 6.92 Å². The van der Waals surface area contributed by atoms with E-state index >= 15 is 0 Å². The highest BCUT2D eigenvalue weighted by molar-refractivity contribution is 4.58. The average Bonchev–Trinajstić information content (AvgIpc) is 1.37. The van der Waals surface area contributed by atoms with Crippen LogP contribution in [0.1, 0.15) is 6.92 Å². The van der Waals surface area contributed by atoms with E-state index in [0.29, 0.717) is 0 Å². The second-order valence-corrected chi connectivity index (χ2v) is 0.427. The normalized spacial score (nSPS) is 9.50. The Morgan fingerprint density at radius 1 is 1.75 bits per heavy atom. The van der Waals surface area contributed by atoms with Gasteiger partial charge in [0.15, 0.2) is 0 Å². The minimum atomic E-state index is 1.76. The zero-order valence-corrected chi connectivity index (χ0v) is 2.71. The van der Waals surface area contributed by atoms with Crippen LogP contribution in [0.15, 0.2) is 0 Å². The van der Waals surface area contributed by atoms with Crippen molar-refractivity contribution in [3.63, 3.8) is 0 Å². The molecule has 0 aliphatic heterocycles. The van der Waals surface area contributed by atoms with Crippen LogP contribution in [0, 0.1) is 19.1 Å². The predicted octanol–water partition coefficient (Wildman–Crippen LogP) is 1.00. The second-order valence-electron chi connectivity index (χ2n) is 0.427. The van der Waals surface area contributed by atoms with Crippen molar-refractivity contribution in [1.29, 1.82) is 0 Å². The van der Waals surface area contributed by atoms with Crippen molar-refractivity contribution in [3.05, 3.63) is 19.1 Å². The van der Waals surface area contributed by atoms with Crippen LogP contribution in [0.5, 0.6) is 0 Å². The van der Waals surface area contributed by atoms with Gasteiger partial charge in [0, 0.05) is 0 Å². The molecule has 0 heteroatoms. The maximum Gasteiger partial charge on any atom is -0.0232 e. The van der Waals surface area contributed by atoms with Crippen molar-refractivity contribution in [1.82, 2.24) is 0 Å². The van der Waals surface area contributed by atoms with Crippen molar-refractivity contribution in [2.24, 2.45) is 0 Å². The van der Waals surface area contributed by atoms with Crippen LogP contribution in [0.2, 0.25) is 0 Å². The van der Waals surface area contributed by atoms with Crippen molar-refractivity contribution in [2.75, 3.05) is 0 Å². The van der Waals surface area contributed by atoms with E-state index in [4.69, 9.17) is 0 Å². The lowest BCUT2D eigenvalue weighted by Gasteiger charge is -1.45. The van der Waals surface area contributed by atoms with Crippen molar-refractivity contribution < 1.29 is 0 Å². The number of allylic oxidation sites excluding steroid dienone is 2. The quantitative estimate of drug-likeness (QED) is 0.386. The van der Waals surface area contributed by atoms with Gasteiger partial charge in [-0.1, -0.05) is 0 Å². The summed E-state index contributed by atoms with van der Waals surface area (Å²) in [6.07, 6.45) is 5.00. The van der Waals surface area contributed by atoms with Crippen LogP contribution in [-0.2, 0) is 0 Å². The Hall–Kier alpha value is -0.260. The Kier molecular flexibility index (Phi) is 2.56. The van der Waals surface area contributed by atoms with Gasteiger partial charge in [0.05, 0.1) is 0 Å². The van der Waals surface area contributed by atoms with Gasteiger partial charge in [-0.05, 0) is 26.0 Å². The molecular weight excluding hydrogens is 48.0 g/mol. The summed E-state index contributed by atoms with van der Waals surface area (Å²) in [6.45, 7) is 5.00. The maximum absolute atomic E-state index is 3.24. The van der Waals surface area contributed by atoms with Crippen molar-refractivity contribution in [3.8, 4) is 0 Å². The lowest BCUT2D eigenvalue weighted by molar-refractivity contribution is 1.62. The number of hydrogen-bond donors (Lipinski definition) is 0. The third-order valence-corrected chi connectivity index (χ3v) is 0.177. The Labute approximate surface area is 27.1 Å². The molecule has 0 unspecified atom stereocenters. The SMILES string of the molecule is [CH2]/[C]=[C]/C. The van der Waals surface area contributed by atoms with Gasteiger partial charge in [-0.2, -0.15) is 0 Å². The lowest BCUT2D eigenvalue weighted by Crippen LogP contribution is -1.32. The van der Waals surface area contributed by atoms with Crippen LogP contribution < -0.4 is 0 Å². The van der Waals surface area contributed by atoms with E-state index in [9.17, 15) is 0 Å². The van der Waals surface area contributed by atoms with E-state index in [2.05, 4.69) is 19.1 Å². The summed E-state index contributed by atoms with van der Waals surface area (Å²) in [7, 11) is 0. The molecule has 0 nitrogen and oxygen atoms in total. The molecule has 0 fully saturated rings. The summed E-state index contributed by atoms with van der Waals surface area (Å²) in [5.74, 6) is 0.